The van der Waals surface area contributed by atoms with Crippen LogP contribution in [0.5, 0.6) is 0 Å². The van der Waals surface area contributed by atoms with Gasteiger partial charge in [-0.15, -0.1) is 0 Å². The van der Waals surface area contributed by atoms with Gasteiger partial charge in [0.1, 0.15) is 5.94 Å². The average Bonchev–Trinajstić information content (AvgIpc) is 2.66. The number of benzene rings is 1. The number of carbonyl (C=O) groups is 1. The lowest BCUT2D eigenvalue weighted by atomic mass is 10.0. The molecule has 0 radical (unpaired) electrons. The fourth-order valence-corrected chi connectivity index (χ4v) is 3.13. The Morgan fingerprint density at radius 1 is 1.39 bits per heavy atom. The Labute approximate surface area is 167 Å². The van der Waals surface area contributed by atoms with Crippen LogP contribution in [-0.2, 0) is 9.63 Å². The number of para-hydroxylation sites is 1. The first kappa shape index (κ1) is 19.8. The zero-order chi connectivity index (χ0) is 20.3. The average molecular weight is 402 g/mol. The lowest BCUT2D eigenvalue weighted by Gasteiger charge is -2.39. The van der Waals surface area contributed by atoms with Gasteiger partial charge in [-0.3, -0.25) is 9.74 Å². The first-order chi connectivity index (χ1) is 13.5. The number of hydrogen-bond acceptors (Lipinski definition) is 6. The maximum absolute atomic E-state index is 13.3. The predicted octanol–water partition coefficient (Wildman–Crippen LogP) is 3.78. The maximum atomic E-state index is 13.3. The van der Waals surface area contributed by atoms with Gasteiger partial charge in [-0.2, -0.15) is 10.0 Å². The second-order valence-corrected chi connectivity index (χ2v) is 6.72. The number of nitrogens with zero attached hydrogens (tertiary/aromatic N) is 4. The summed E-state index contributed by atoms with van der Waals surface area (Å²) in [4.78, 5) is 40.2. The molecule has 2 aromatic rings. The topological polar surface area (TPSA) is 87.7 Å². The Kier molecular flexibility index (Phi) is 5.94. The zero-order valence-corrected chi connectivity index (χ0v) is 16.5. The van der Waals surface area contributed by atoms with E-state index < -0.39 is 12.1 Å². The highest BCUT2D eigenvalue weighted by Crippen LogP contribution is 2.41. The first-order valence-electron chi connectivity index (χ1n) is 8.83. The van der Waals surface area contributed by atoms with Gasteiger partial charge in [-0.25, -0.2) is 14.6 Å². The molecule has 1 aliphatic rings. The van der Waals surface area contributed by atoms with Crippen molar-refractivity contribution in [3.8, 4) is 0 Å². The van der Waals surface area contributed by atoms with E-state index in [1.54, 1.807) is 43.3 Å². The lowest BCUT2D eigenvalue weighted by molar-refractivity contribution is 0.125. The first-order valence-corrected chi connectivity index (χ1v) is 9.21. The molecule has 146 valence electrons. The van der Waals surface area contributed by atoms with Crippen LogP contribution in [0.25, 0.3) is 0 Å². The third-order valence-corrected chi connectivity index (χ3v) is 4.30. The molecule has 1 atom stereocenters. The monoisotopic (exact) mass is 401 g/mol. The highest BCUT2D eigenvalue weighted by Gasteiger charge is 2.41. The van der Waals surface area contributed by atoms with Gasteiger partial charge < -0.3 is 5.32 Å². The van der Waals surface area contributed by atoms with Crippen molar-refractivity contribution >= 4 is 41.0 Å². The summed E-state index contributed by atoms with van der Waals surface area (Å²) >= 11 is 6.32. The summed E-state index contributed by atoms with van der Waals surface area (Å²) in [6, 6.07) is 5.67. The van der Waals surface area contributed by atoms with Crippen molar-refractivity contribution < 1.29 is 14.4 Å². The predicted molar refractivity (Wildman–Crippen MR) is 107 cm³/mol. The molecule has 1 unspecified atom stereocenters. The molecule has 0 bridgehead atoms. The number of rotatable bonds is 6. The van der Waals surface area contributed by atoms with Crippen molar-refractivity contribution in [2.45, 2.75) is 32.9 Å². The second-order valence-electron chi connectivity index (χ2n) is 6.32. The van der Waals surface area contributed by atoms with Gasteiger partial charge in [-0.05, 0) is 32.9 Å². The quantitative estimate of drug-likeness (QED) is 0.741. The zero-order valence-electron chi connectivity index (χ0n) is 15.7. The molecule has 3 rings (SSSR count). The number of amides is 2. The van der Waals surface area contributed by atoms with Crippen LogP contribution in [0.15, 0.2) is 36.5 Å². The molecule has 1 aromatic carbocycles. The molecule has 1 aliphatic heterocycles. The molecule has 0 saturated carbocycles. The minimum atomic E-state index is -0.773. The van der Waals surface area contributed by atoms with E-state index >= 15 is 0 Å². The Morgan fingerprint density at radius 3 is 2.79 bits per heavy atom. The lowest BCUT2D eigenvalue weighted by Crippen LogP contribution is -2.50. The van der Waals surface area contributed by atoms with Crippen molar-refractivity contribution in [1.29, 1.82) is 0 Å². The van der Waals surface area contributed by atoms with Crippen molar-refractivity contribution in [3.05, 3.63) is 47.1 Å². The fourth-order valence-electron chi connectivity index (χ4n) is 2.90. The standard InChI is InChI=1S/C19H20ClN5O3/c1-4-28-25-17-13(11-21-18(23-17)22-12(2)3)15(9-10-26)24(19(25)27)16-8-6-5-7-14(16)20/h5-9,11-12,15H,4H2,1-3H3,(H,21,22,23). The molecular formula is C19H20ClN5O3. The second kappa shape index (κ2) is 8.39. The summed E-state index contributed by atoms with van der Waals surface area (Å²) in [6.07, 6.45) is 2.80. The number of hydroxylamine groups is 1. The minimum absolute atomic E-state index is 0.100. The van der Waals surface area contributed by atoms with E-state index in [9.17, 15) is 9.59 Å². The van der Waals surface area contributed by atoms with Crippen LogP contribution in [0.3, 0.4) is 0 Å². The molecule has 0 spiro atoms. The van der Waals surface area contributed by atoms with Crippen molar-refractivity contribution in [2.24, 2.45) is 0 Å². The summed E-state index contributed by atoms with van der Waals surface area (Å²) in [5.41, 5.74) is 0.955. The molecular weight excluding hydrogens is 382 g/mol. The van der Waals surface area contributed by atoms with Crippen molar-refractivity contribution in [1.82, 2.24) is 9.97 Å². The molecule has 1 N–H and O–H groups in total. The summed E-state index contributed by atoms with van der Waals surface area (Å²) < 4.78 is 0. The summed E-state index contributed by atoms with van der Waals surface area (Å²) in [6.45, 7) is 5.90. The van der Waals surface area contributed by atoms with E-state index in [-0.39, 0.29) is 18.5 Å². The number of anilines is 3. The number of nitrogens with one attached hydrogen (secondary N) is 1. The number of fused-ring (bicyclic) bond motifs is 1. The number of halogens is 1. The van der Waals surface area contributed by atoms with E-state index in [1.165, 1.54) is 11.0 Å². The van der Waals surface area contributed by atoms with Crippen LogP contribution >= 0.6 is 11.6 Å². The number of urea groups is 1. The van der Waals surface area contributed by atoms with Crippen LogP contribution in [0, 0.1) is 0 Å². The highest BCUT2D eigenvalue weighted by atomic mass is 35.5. The van der Waals surface area contributed by atoms with Gasteiger partial charge in [0.25, 0.3) is 0 Å². The molecule has 0 fully saturated rings. The summed E-state index contributed by atoms with van der Waals surface area (Å²) in [5.74, 6) is 2.39. The van der Waals surface area contributed by atoms with E-state index in [2.05, 4.69) is 15.3 Å². The third kappa shape index (κ3) is 3.71. The maximum Gasteiger partial charge on any atom is 0.355 e. The summed E-state index contributed by atoms with van der Waals surface area (Å²) in [7, 11) is 0. The summed E-state index contributed by atoms with van der Waals surface area (Å²) in [5, 5.41) is 4.55. The van der Waals surface area contributed by atoms with Crippen molar-refractivity contribution in [2.75, 3.05) is 21.9 Å². The normalized spacial score (nSPS) is 16.0. The number of aromatic nitrogens is 2. The molecule has 2 heterocycles. The molecule has 9 heteroatoms. The fraction of sp³-hybridized carbons (Fsp3) is 0.316. The number of carbonyl (C=O) groups excluding carboxylic acids is 2. The van der Waals surface area contributed by atoms with E-state index in [4.69, 9.17) is 16.4 Å². The molecule has 0 aliphatic carbocycles. The van der Waals surface area contributed by atoms with Crippen LogP contribution in [0.4, 0.5) is 22.2 Å². The van der Waals surface area contributed by atoms with Gasteiger partial charge >= 0.3 is 6.03 Å². The van der Waals surface area contributed by atoms with Gasteiger partial charge in [-0.1, -0.05) is 23.7 Å². The Balaban J connectivity index is 2.19. The molecule has 8 nitrogen and oxygen atoms in total. The molecule has 28 heavy (non-hydrogen) atoms. The van der Waals surface area contributed by atoms with E-state index in [0.717, 1.165) is 5.06 Å². The molecule has 0 saturated heterocycles. The third-order valence-electron chi connectivity index (χ3n) is 3.98. The van der Waals surface area contributed by atoms with Crippen LogP contribution < -0.4 is 15.3 Å². The smallest absolute Gasteiger partial charge is 0.352 e. The van der Waals surface area contributed by atoms with E-state index in [0.29, 0.717) is 22.2 Å². The van der Waals surface area contributed by atoms with Crippen molar-refractivity contribution in [3.63, 3.8) is 0 Å². The van der Waals surface area contributed by atoms with Gasteiger partial charge in [0.15, 0.2) is 5.82 Å². The SMILES string of the molecule is CCON1C(=O)N(c2ccccc2Cl)C(C=C=O)c2cnc(NC(C)C)nc21. The van der Waals surface area contributed by atoms with Gasteiger partial charge in [0.2, 0.25) is 5.95 Å². The molecule has 2 amide bonds. The highest BCUT2D eigenvalue weighted by molar-refractivity contribution is 6.34. The largest absolute Gasteiger partial charge is 0.355 e. The van der Waals surface area contributed by atoms with Crippen LogP contribution in [-0.4, -0.2) is 34.6 Å². The Bertz CT molecular complexity index is 930. The van der Waals surface area contributed by atoms with Crippen LogP contribution in [0.1, 0.15) is 32.4 Å². The minimum Gasteiger partial charge on any atom is -0.352 e. The van der Waals surface area contributed by atoms with Gasteiger partial charge in [0, 0.05) is 23.9 Å². The Morgan fingerprint density at radius 2 is 2.14 bits per heavy atom. The number of hydrogen-bond donors (Lipinski definition) is 1. The van der Waals surface area contributed by atoms with E-state index in [1.807, 2.05) is 13.8 Å². The van der Waals surface area contributed by atoms with Gasteiger partial charge in [0.05, 0.1) is 23.4 Å². The van der Waals surface area contributed by atoms with Crippen LogP contribution in [0.2, 0.25) is 5.02 Å². The Hall–Kier alpha value is -2.93. The molecule has 1 aromatic heterocycles.